The van der Waals surface area contributed by atoms with Crippen LogP contribution in [-0.4, -0.2) is 54.4 Å². The van der Waals surface area contributed by atoms with Gasteiger partial charge in [0, 0.05) is 26.4 Å². The predicted molar refractivity (Wildman–Crippen MR) is 66.2 cm³/mol. The van der Waals surface area contributed by atoms with Crippen molar-refractivity contribution in [2.75, 3.05) is 39.6 Å². The predicted octanol–water partition coefficient (Wildman–Crippen LogP) is -0.699. The van der Waals surface area contributed by atoms with E-state index >= 15 is 0 Å². The van der Waals surface area contributed by atoms with Crippen molar-refractivity contribution in [3.8, 4) is 0 Å². The van der Waals surface area contributed by atoms with Gasteiger partial charge in [-0.25, -0.2) is 4.79 Å². The molecule has 1 aromatic rings. The average molecular weight is 254 g/mol. The lowest BCUT2D eigenvalue weighted by atomic mass is 10.3. The fourth-order valence-corrected chi connectivity index (χ4v) is 2.07. The number of hydrogen-bond donors (Lipinski definition) is 1. The van der Waals surface area contributed by atoms with Gasteiger partial charge in [-0.15, -0.1) is 0 Å². The summed E-state index contributed by atoms with van der Waals surface area (Å²) in [5.74, 6) is 0.217. The van der Waals surface area contributed by atoms with Gasteiger partial charge in [-0.2, -0.15) is 4.98 Å². The quantitative estimate of drug-likeness (QED) is 0.768. The summed E-state index contributed by atoms with van der Waals surface area (Å²) in [6.07, 6.45) is 1.20. The number of nitrogens with two attached hydrogens (primary N) is 1. The van der Waals surface area contributed by atoms with Crippen LogP contribution in [0.3, 0.4) is 0 Å². The van der Waals surface area contributed by atoms with Crippen molar-refractivity contribution in [1.29, 1.82) is 0 Å². The van der Waals surface area contributed by atoms with E-state index in [9.17, 15) is 4.79 Å². The maximum atomic E-state index is 11.8. The molecule has 7 nitrogen and oxygen atoms in total. The van der Waals surface area contributed by atoms with Gasteiger partial charge in [0.1, 0.15) is 5.82 Å². The molecule has 0 radical (unpaired) electrons. The second-order valence-corrected chi connectivity index (χ2v) is 4.43. The van der Waals surface area contributed by atoms with E-state index in [1.54, 1.807) is 19.4 Å². The van der Waals surface area contributed by atoms with Crippen LogP contribution in [-0.2, 0) is 9.47 Å². The van der Waals surface area contributed by atoms with Crippen molar-refractivity contribution in [2.45, 2.75) is 12.3 Å². The molecule has 18 heavy (non-hydrogen) atoms. The van der Waals surface area contributed by atoms with Crippen molar-refractivity contribution < 1.29 is 9.47 Å². The Morgan fingerprint density at radius 1 is 1.61 bits per heavy atom. The third kappa shape index (κ3) is 2.87. The van der Waals surface area contributed by atoms with Crippen LogP contribution in [0.4, 0.5) is 5.82 Å². The third-order valence-corrected chi connectivity index (χ3v) is 2.85. The number of morpholine rings is 1. The summed E-state index contributed by atoms with van der Waals surface area (Å²) >= 11 is 0. The molecule has 0 aromatic carbocycles. The fourth-order valence-electron chi connectivity index (χ4n) is 2.07. The number of aromatic nitrogens is 2. The van der Waals surface area contributed by atoms with Gasteiger partial charge in [0.25, 0.3) is 0 Å². The monoisotopic (exact) mass is 254 g/mol. The Bertz CT molecular complexity index is 462. The van der Waals surface area contributed by atoms with Gasteiger partial charge in [0.15, 0.2) is 6.23 Å². The highest BCUT2D eigenvalue weighted by molar-refractivity contribution is 5.23. The lowest BCUT2D eigenvalue weighted by Gasteiger charge is -2.36. The summed E-state index contributed by atoms with van der Waals surface area (Å²) in [5, 5.41) is 0. The van der Waals surface area contributed by atoms with Gasteiger partial charge < -0.3 is 15.2 Å². The van der Waals surface area contributed by atoms with E-state index in [0.717, 1.165) is 6.54 Å². The molecule has 1 aromatic heterocycles. The summed E-state index contributed by atoms with van der Waals surface area (Å²) in [4.78, 5) is 17.6. The SMILES string of the molecule is COCC1CN(C)CC(n2ccc(N)nc2=O)O1. The van der Waals surface area contributed by atoms with E-state index in [1.807, 2.05) is 7.05 Å². The number of ether oxygens (including phenoxy) is 2. The standard InChI is InChI=1S/C11H18N4O3/c1-14-5-8(7-17-2)18-10(6-14)15-4-3-9(12)13-11(15)16/h3-4,8,10H,5-7H2,1-2H3,(H2,12,13,16). The van der Waals surface area contributed by atoms with Gasteiger partial charge in [0.05, 0.1) is 12.7 Å². The highest BCUT2D eigenvalue weighted by atomic mass is 16.5. The van der Waals surface area contributed by atoms with E-state index in [2.05, 4.69) is 9.88 Å². The van der Waals surface area contributed by atoms with Crippen molar-refractivity contribution in [1.82, 2.24) is 14.5 Å². The van der Waals surface area contributed by atoms with Crippen LogP contribution in [0.5, 0.6) is 0 Å². The van der Waals surface area contributed by atoms with Crippen LogP contribution in [0.25, 0.3) is 0 Å². The molecule has 100 valence electrons. The first-order chi connectivity index (χ1) is 8.60. The molecule has 0 aliphatic carbocycles. The highest BCUT2D eigenvalue weighted by Crippen LogP contribution is 2.17. The summed E-state index contributed by atoms with van der Waals surface area (Å²) in [6, 6.07) is 1.59. The maximum Gasteiger partial charge on any atom is 0.351 e. The molecule has 2 heterocycles. The summed E-state index contributed by atoms with van der Waals surface area (Å²) < 4.78 is 12.4. The Labute approximate surface area is 105 Å². The fraction of sp³-hybridized carbons (Fsp3) is 0.636. The number of rotatable bonds is 3. The van der Waals surface area contributed by atoms with E-state index < -0.39 is 5.69 Å². The molecule has 0 spiro atoms. The second kappa shape index (κ2) is 5.47. The van der Waals surface area contributed by atoms with Gasteiger partial charge in [0.2, 0.25) is 0 Å². The third-order valence-electron chi connectivity index (χ3n) is 2.85. The highest BCUT2D eigenvalue weighted by Gasteiger charge is 2.27. The van der Waals surface area contributed by atoms with Crippen LogP contribution >= 0.6 is 0 Å². The summed E-state index contributed by atoms with van der Waals surface area (Å²) in [7, 11) is 3.61. The number of nitrogens with zero attached hydrogens (tertiary/aromatic N) is 3. The molecule has 1 aliphatic heterocycles. The molecule has 2 unspecified atom stereocenters. The molecule has 0 bridgehead atoms. The van der Waals surface area contributed by atoms with Gasteiger partial charge in [-0.05, 0) is 13.1 Å². The summed E-state index contributed by atoms with van der Waals surface area (Å²) in [5.41, 5.74) is 5.07. The van der Waals surface area contributed by atoms with Crippen molar-refractivity contribution in [2.24, 2.45) is 0 Å². The van der Waals surface area contributed by atoms with Crippen LogP contribution in [0.2, 0.25) is 0 Å². The Morgan fingerprint density at radius 2 is 2.39 bits per heavy atom. The normalized spacial score (nSPS) is 25.2. The zero-order valence-corrected chi connectivity index (χ0v) is 10.6. The van der Waals surface area contributed by atoms with Crippen LogP contribution in [0.1, 0.15) is 6.23 Å². The molecule has 1 aliphatic rings. The Hall–Kier alpha value is -1.44. The minimum Gasteiger partial charge on any atom is -0.383 e. The minimum atomic E-state index is -0.397. The minimum absolute atomic E-state index is 0.0526. The average Bonchev–Trinajstić information content (AvgIpc) is 2.28. The van der Waals surface area contributed by atoms with Crippen LogP contribution in [0.15, 0.2) is 17.1 Å². The number of likely N-dealkylation sites (N-methyl/N-ethyl adjacent to an activating group) is 1. The number of hydrogen-bond acceptors (Lipinski definition) is 6. The molecular formula is C11H18N4O3. The molecule has 2 atom stereocenters. The van der Waals surface area contributed by atoms with Gasteiger partial charge in [-0.1, -0.05) is 0 Å². The van der Waals surface area contributed by atoms with E-state index in [1.165, 1.54) is 4.57 Å². The molecular weight excluding hydrogens is 236 g/mol. The number of methoxy groups -OCH3 is 1. The van der Waals surface area contributed by atoms with E-state index in [4.69, 9.17) is 15.2 Å². The van der Waals surface area contributed by atoms with Crippen molar-refractivity contribution in [3.05, 3.63) is 22.7 Å². The second-order valence-electron chi connectivity index (χ2n) is 4.43. The molecule has 0 amide bonds. The summed E-state index contributed by atoms with van der Waals surface area (Å²) in [6.45, 7) is 1.91. The Balaban J connectivity index is 2.18. The van der Waals surface area contributed by atoms with Crippen LogP contribution in [0, 0.1) is 0 Å². The lowest BCUT2D eigenvalue weighted by molar-refractivity contribution is -0.135. The maximum absolute atomic E-state index is 11.8. The topological polar surface area (TPSA) is 82.6 Å². The first-order valence-corrected chi connectivity index (χ1v) is 5.77. The number of anilines is 1. The Morgan fingerprint density at radius 3 is 3.06 bits per heavy atom. The van der Waals surface area contributed by atoms with Gasteiger partial charge in [-0.3, -0.25) is 9.47 Å². The van der Waals surface area contributed by atoms with E-state index in [-0.39, 0.29) is 18.1 Å². The zero-order chi connectivity index (χ0) is 13.1. The van der Waals surface area contributed by atoms with Crippen molar-refractivity contribution >= 4 is 5.82 Å². The number of nitrogen functional groups attached to an aromatic ring is 1. The van der Waals surface area contributed by atoms with Crippen molar-refractivity contribution in [3.63, 3.8) is 0 Å². The van der Waals surface area contributed by atoms with Gasteiger partial charge >= 0.3 is 5.69 Å². The molecule has 1 fully saturated rings. The molecule has 2 rings (SSSR count). The zero-order valence-electron chi connectivity index (χ0n) is 10.6. The first-order valence-electron chi connectivity index (χ1n) is 5.77. The molecule has 0 saturated carbocycles. The van der Waals surface area contributed by atoms with Crippen LogP contribution < -0.4 is 11.4 Å². The molecule has 7 heteroatoms. The van der Waals surface area contributed by atoms with E-state index in [0.29, 0.717) is 13.2 Å². The molecule has 1 saturated heterocycles. The lowest BCUT2D eigenvalue weighted by Crippen LogP contribution is -2.47. The first kappa shape index (κ1) is 13.0. The largest absolute Gasteiger partial charge is 0.383 e. The smallest absolute Gasteiger partial charge is 0.351 e. The molecule has 2 N–H and O–H groups in total. The Kier molecular flexibility index (Phi) is 3.95.